The maximum Gasteiger partial charge on any atom is 0.200 e. The van der Waals surface area contributed by atoms with Crippen molar-refractivity contribution < 1.29 is 15.3 Å². The predicted molar refractivity (Wildman–Crippen MR) is 91.6 cm³/mol. The van der Waals surface area contributed by atoms with Crippen LogP contribution < -0.4 is 4.80 Å². The molecule has 126 valence electrons. The quantitative estimate of drug-likeness (QED) is 0.621. The molecule has 0 aliphatic rings. The van der Waals surface area contributed by atoms with Crippen molar-refractivity contribution in [2.24, 2.45) is 19.1 Å². The number of hydrogen-bond donors (Lipinski definition) is 3. The number of aromatic hydroxyl groups is 3. The smallest absolute Gasteiger partial charge is 0.200 e. The van der Waals surface area contributed by atoms with E-state index in [0.29, 0.717) is 11.3 Å². The molecule has 0 fully saturated rings. The van der Waals surface area contributed by atoms with E-state index in [-0.39, 0.29) is 11.5 Å². The molecule has 0 saturated heterocycles. The average Bonchev–Trinajstić information content (AvgIpc) is 3.01. The van der Waals surface area contributed by atoms with Crippen LogP contribution in [0.4, 0.5) is 5.69 Å². The molecule has 0 aliphatic heterocycles. The fourth-order valence-corrected chi connectivity index (χ4v) is 3.41. The number of benzene rings is 1. The molecule has 0 atom stereocenters. The Bertz CT molecular complexity index is 998. The predicted octanol–water partition coefficient (Wildman–Crippen LogP) is 2.45. The van der Waals surface area contributed by atoms with Gasteiger partial charge in [-0.15, -0.1) is 11.3 Å². The molecular weight excluding hydrogens is 328 g/mol. The molecule has 2 heterocycles. The third-order valence-corrected chi connectivity index (χ3v) is 4.93. The topological polar surface area (TPSA) is 95.8 Å². The van der Waals surface area contributed by atoms with E-state index >= 15 is 0 Å². The van der Waals surface area contributed by atoms with Crippen LogP contribution in [-0.2, 0) is 14.1 Å². The van der Waals surface area contributed by atoms with Gasteiger partial charge in [0.2, 0.25) is 5.75 Å². The lowest BCUT2D eigenvalue weighted by Crippen LogP contribution is -2.11. The minimum absolute atomic E-state index is 0.358. The molecule has 2 aromatic heterocycles. The van der Waals surface area contributed by atoms with E-state index < -0.39 is 5.75 Å². The van der Waals surface area contributed by atoms with Gasteiger partial charge >= 0.3 is 0 Å². The van der Waals surface area contributed by atoms with Crippen LogP contribution in [0.2, 0.25) is 0 Å². The number of aryl methyl sites for hydroxylation is 2. The largest absolute Gasteiger partial charge is 0.504 e. The summed E-state index contributed by atoms with van der Waals surface area (Å²) in [7, 11) is 3.70. The van der Waals surface area contributed by atoms with E-state index in [1.807, 2.05) is 37.9 Å². The van der Waals surface area contributed by atoms with Crippen LogP contribution in [0.25, 0.3) is 11.3 Å². The first kappa shape index (κ1) is 16.1. The van der Waals surface area contributed by atoms with E-state index in [1.165, 1.54) is 17.4 Å². The molecule has 3 N–H and O–H groups in total. The molecule has 0 aliphatic carbocycles. The Balaban J connectivity index is 2.17. The molecule has 1 aromatic carbocycles. The number of thiazole rings is 1. The number of nitrogens with zero attached hydrogens (tertiary/aromatic N) is 4. The second kappa shape index (κ2) is 5.72. The van der Waals surface area contributed by atoms with Crippen molar-refractivity contribution in [1.82, 2.24) is 14.3 Å². The van der Waals surface area contributed by atoms with Crippen molar-refractivity contribution in [2.45, 2.75) is 13.8 Å². The highest BCUT2D eigenvalue weighted by atomic mass is 32.1. The summed E-state index contributed by atoms with van der Waals surface area (Å²) < 4.78 is 3.61. The molecule has 0 bridgehead atoms. The Morgan fingerprint density at radius 1 is 1.08 bits per heavy atom. The monoisotopic (exact) mass is 346 g/mol. The fourth-order valence-electron chi connectivity index (χ4n) is 2.51. The average molecular weight is 346 g/mol. The van der Waals surface area contributed by atoms with Gasteiger partial charge in [-0.25, -0.2) is 4.99 Å². The summed E-state index contributed by atoms with van der Waals surface area (Å²) in [4.78, 5) is 5.41. The van der Waals surface area contributed by atoms with Crippen LogP contribution >= 0.6 is 11.3 Å². The van der Waals surface area contributed by atoms with E-state index in [1.54, 1.807) is 10.7 Å². The molecule has 0 radical (unpaired) electrons. The highest BCUT2D eigenvalue weighted by Gasteiger charge is 2.16. The van der Waals surface area contributed by atoms with Crippen molar-refractivity contribution in [3.63, 3.8) is 0 Å². The summed E-state index contributed by atoms with van der Waals surface area (Å²) in [5.41, 5.74) is 3.73. The third-order valence-electron chi connectivity index (χ3n) is 4.01. The van der Waals surface area contributed by atoms with Gasteiger partial charge in [0.15, 0.2) is 16.3 Å². The summed E-state index contributed by atoms with van der Waals surface area (Å²) in [6.07, 6.45) is 0. The summed E-state index contributed by atoms with van der Waals surface area (Å²) >= 11 is 1.42. The Hall–Kier alpha value is -2.74. The van der Waals surface area contributed by atoms with Crippen LogP contribution in [-0.4, -0.2) is 29.7 Å². The molecule has 3 rings (SSSR count). The van der Waals surface area contributed by atoms with E-state index in [4.69, 9.17) is 0 Å². The summed E-state index contributed by atoms with van der Waals surface area (Å²) in [6, 6.07) is 2.89. The van der Waals surface area contributed by atoms with Gasteiger partial charge in [0.05, 0.1) is 17.1 Å². The first-order valence-electron chi connectivity index (χ1n) is 7.25. The zero-order valence-electron chi connectivity index (χ0n) is 13.8. The molecule has 0 unspecified atom stereocenters. The van der Waals surface area contributed by atoms with E-state index in [9.17, 15) is 15.3 Å². The Morgan fingerprint density at radius 3 is 2.42 bits per heavy atom. The zero-order chi connectivity index (χ0) is 17.6. The van der Waals surface area contributed by atoms with Gasteiger partial charge in [0.25, 0.3) is 0 Å². The van der Waals surface area contributed by atoms with Gasteiger partial charge in [0.1, 0.15) is 5.69 Å². The van der Waals surface area contributed by atoms with Gasteiger partial charge in [-0.3, -0.25) is 4.68 Å². The number of aromatic nitrogens is 3. The highest BCUT2D eigenvalue weighted by molar-refractivity contribution is 7.07. The van der Waals surface area contributed by atoms with Gasteiger partial charge in [-0.1, -0.05) is 0 Å². The summed E-state index contributed by atoms with van der Waals surface area (Å²) in [5, 5.41) is 35.5. The SMILES string of the molecule is Cc1nn(C)c(C)c1N=c1scc(-c2ccc(O)c(O)c2O)n1C. The molecule has 24 heavy (non-hydrogen) atoms. The van der Waals surface area contributed by atoms with Crippen LogP contribution in [0.3, 0.4) is 0 Å². The Kier molecular flexibility index (Phi) is 3.84. The Labute approximate surface area is 142 Å². The second-order valence-corrected chi connectivity index (χ2v) is 6.38. The van der Waals surface area contributed by atoms with Gasteiger partial charge in [0, 0.05) is 25.0 Å². The van der Waals surface area contributed by atoms with Crippen molar-refractivity contribution >= 4 is 17.0 Å². The molecule has 0 amide bonds. The maximum absolute atomic E-state index is 10.1. The van der Waals surface area contributed by atoms with Crippen LogP contribution in [0.5, 0.6) is 17.2 Å². The fraction of sp³-hybridized carbons (Fsp3) is 0.250. The minimum Gasteiger partial charge on any atom is -0.504 e. The lowest BCUT2D eigenvalue weighted by molar-refractivity contribution is 0.369. The lowest BCUT2D eigenvalue weighted by atomic mass is 10.1. The van der Waals surface area contributed by atoms with Crippen molar-refractivity contribution in [3.8, 4) is 28.5 Å². The third kappa shape index (κ3) is 2.44. The van der Waals surface area contributed by atoms with Crippen LogP contribution in [0.15, 0.2) is 22.5 Å². The van der Waals surface area contributed by atoms with Gasteiger partial charge < -0.3 is 19.9 Å². The van der Waals surface area contributed by atoms with Crippen molar-refractivity contribution in [2.75, 3.05) is 0 Å². The first-order valence-corrected chi connectivity index (χ1v) is 8.13. The van der Waals surface area contributed by atoms with E-state index in [0.717, 1.165) is 21.9 Å². The summed E-state index contributed by atoms with van der Waals surface area (Å²) in [5.74, 6) is -1.25. The molecule has 8 heteroatoms. The molecule has 7 nitrogen and oxygen atoms in total. The number of hydrogen-bond acceptors (Lipinski definition) is 6. The molecule has 0 spiro atoms. The maximum atomic E-state index is 10.1. The van der Waals surface area contributed by atoms with E-state index in [2.05, 4.69) is 10.1 Å². The molecule has 0 saturated carbocycles. The lowest BCUT2D eigenvalue weighted by Gasteiger charge is -2.08. The first-order chi connectivity index (χ1) is 11.3. The van der Waals surface area contributed by atoms with Crippen LogP contribution in [0.1, 0.15) is 11.4 Å². The van der Waals surface area contributed by atoms with Crippen molar-refractivity contribution in [1.29, 1.82) is 0 Å². The van der Waals surface area contributed by atoms with Crippen LogP contribution in [0, 0.1) is 13.8 Å². The number of phenolic OH excluding ortho intramolecular Hbond substituents is 3. The highest BCUT2D eigenvalue weighted by Crippen LogP contribution is 2.41. The number of phenols is 3. The normalized spacial score (nSPS) is 12.1. The zero-order valence-corrected chi connectivity index (χ0v) is 14.6. The van der Waals surface area contributed by atoms with Gasteiger partial charge in [-0.05, 0) is 26.0 Å². The second-order valence-electron chi connectivity index (χ2n) is 5.55. The summed E-state index contributed by atoms with van der Waals surface area (Å²) in [6.45, 7) is 3.86. The van der Waals surface area contributed by atoms with Crippen molar-refractivity contribution in [3.05, 3.63) is 33.7 Å². The Morgan fingerprint density at radius 2 is 1.79 bits per heavy atom. The van der Waals surface area contributed by atoms with Gasteiger partial charge in [-0.2, -0.15) is 5.10 Å². The molecule has 3 aromatic rings. The molecular formula is C16H18N4O3S. The minimum atomic E-state index is -0.531. The number of rotatable bonds is 2. The standard InChI is InChI=1S/C16H18N4O3S/c1-8-13(9(2)20(4)18-8)17-16-19(3)11(7-24-16)10-5-6-12(21)15(23)14(10)22/h5-7,21-23H,1-4H3.